The molecule has 8 heteroatoms. The highest BCUT2D eigenvalue weighted by Gasteiger charge is 2.32. The van der Waals surface area contributed by atoms with Crippen LogP contribution in [0.4, 0.5) is 16.5 Å². The smallest absolute Gasteiger partial charge is 0.279 e. The molecule has 0 atom stereocenters. The van der Waals surface area contributed by atoms with E-state index >= 15 is 0 Å². The Morgan fingerprint density at radius 1 is 1.40 bits per heavy atom. The molecule has 0 spiro atoms. The number of aromatic nitrogens is 3. The number of aryl methyl sites for hydroxylation is 1. The number of carbonyl (C=O) groups excluding carboxylic acids is 1. The summed E-state index contributed by atoms with van der Waals surface area (Å²) in [6.45, 7) is 4.54. The maximum absolute atomic E-state index is 12.5. The van der Waals surface area contributed by atoms with Crippen LogP contribution in [0.25, 0.3) is 0 Å². The van der Waals surface area contributed by atoms with E-state index < -0.39 is 0 Å². The van der Waals surface area contributed by atoms with E-state index in [1.165, 1.54) is 16.2 Å². The Bertz CT molecular complexity index is 701. The molecule has 0 saturated carbocycles. The Morgan fingerprint density at radius 3 is 2.85 bits per heavy atom. The number of thiazole rings is 1. The second kappa shape index (κ2) is 4.68. The minimum atomic E-state index is -0.160. The van der Waals surface area contributed by atoms with E-state index in [0.29, 0.717) is 23.7 Å². The van der Waals surface area contributed by atoms with Crippen molar-refractivity contribution in [1.29, 1.82) is 0 Å². The minimum Gasteiger partial charge on any atom is -0.314 e. The number of carbonyl (C=O) groups is 1. The molecule has 1 aliphatic rings. The third-order valence-corrected chi connectivity index (χ3v) is 4.30. The highest BCUT2D eigenvalue weighted by molar-refractivity contribution is 7.16. The Morgan fingerprint density at radius 2 is 2.15 bits per heavy atom. The van der Waals surface area contributed by atoms with Crippen molar-refractivity contribution in [3.63, 3.8) is 0 Å². The van der Waals surface area contributed by atoms with Crippen LogP contribution in [-0.2, 0) is 0 Å². The van der Waals surface area contributed by atoms with Crippen LogP contribution in [0.15, 0.2) is 6.20 Å². The molecule has 6 nitrogen and oxygen atoms in total. The number of halogens is 1. The first-order valence-electron chi connectivity index (χ1n) is 6.08. The fourth-order valence-corrected chi connectivity index (χ4v) is 3.28. The van der Waals surface area contributed by atoms with Crippen LogP contribution in [-0.4, -0.2) is 34.5 Å². The van der Waals surface area contributed by atoms with Gasteiger partial charge in [-0.15, -0.1) is 11.3 Å². The molecule has 0 bridgehead atoms. The molecule has 1 amide bonds. The summed E-state index contributed by atoms with van der Waals surface area (Å²) in [7, 11) is 1.69. The van der Waals surface area contributed by atoms with Gasteiger partial charge in [0, 0.05) is 13.6 Å². The first-order valence-corrected chi connectivity index (χ1v) is 7.28. The summed E-state index contributed by atoms with van der Waals surface area (Å²) >= 11 is 7.38. The van der Waals surface area contributed by atoms with Crippen molar-refractivity contribution in [2.24, 2.45) is 0 Å². The molecule has 0 saturated heterocycles. The molecule has 2 aromatic rings. The molecule has 2 aromatic heterocycles. The zero-order chi connectivity index (χ0) is 14.4. The van der Waals surface area contributed by atoms with Crippen molar-refractivity contribution in [2.75, 3.05) is 23.4 Å². The topological polar surface area (TPSA) is 62.2 Å². The van der Waals surface area contributed by atoms with Gasteiger partial charge in [-0.2, -0.15) is 4.98 Å². The summed E-state index contributed by atoms with van der Waals surface area (Å²) in [6.07, 6.45) is 1.56. The number of amides is 1. The molecule has 3 heterocycles. The molecule has 20 heavy (non-hydrogen) atoms. The lowest BCUT2D eigenvalue weighted by atomic mass is 10.4. The fourth-order valence-electron chi connectivity index (χ4n) is 2.18. The summed E-state index contributed by atoms with van der Waals surface area (Å²) in [5.74, 6) is 0.471. The van der Waals surface area contributed by atoms with Gasteiger partial charge in [0.15, 0.2) is 11.5 Å². The molecule has 1 aliphatic heterocycles. The van der Waals surface area contributed by atoms with Gasteiger partial charge in [-0.3, -0.25) is 4.79 Å². The second-order valence-corrected chi connectivity index (χ2v) is 5.86. The third kappa shape index (κ3) is 1.85. The van der Waals surface area contributed by atoms with E-state index in [4.69, 9.17) is 11.6 Å². The zero-order valence-electron chi connectivity index (χ0n) is 11.2. The molecule has 0 radical (unpaired) electrons. The van der Waals surface area contributed by atoms with Gasteiger partial charge in [0.25, 0.3) is 5.91 Å². The van der Waals surface area contributed by atoms with Gasteiger partial charge in [0.2, 0.25) is 5.28 Å². The number of hydrogen-bond acceptors (Lipinski definition) is 6. The quantitative estimate of drug-likeness (QED) is 0.758. The maximum atomic E-state index is 12.5. The predicted octanol–water partition coefficient (Wildman–Crippen LogP) is 2.64. The highest BCUT2D eigenvalue weighted by atomic mass is 35.5. The molecule has 0 aliphatic carbocycles. The largest absolute Gasteiger partial charge is 0.314 e. The summed E-state index contributed by atoms with van der Waals surface area (Å²) in [5, 5.41) is 1.81. The van der Waals surface area contributed by atoms with E-state index in [1.807, 2.05) is 18.7 Å². The maximum Gasteiger partial charge on any atom is 0.279 e. The Kier molecular flexibility index (Phi) is 3.10. The number of rotatable bonds is 1. The van der Waals surface area contributed by atoms with E-state index in [9.17, 15) is 4.79 Å². The molecule has 0 fully saturated rings. The van der Waals surface area contributed by atoms with Gasteiger partial charge in [0.05, 0.1) is 11.2 Å². The van der Waals surface area contributed by atoms with Gasteiger partial charge in [-0.1, -0.05) is 0 Å². The van der Waals surface area contributed by atoms with Gasteiger partial charge >= 0.3 is 0 Å². The van der Waals surface area contributed by atoms with Crippen molar-refractivity contribution in [3.05, 3.63) is 22.2 Å². The Hall–Kier alpha value is -1.73. The normalized spacial score (nSPS) is 14.1. The van der Waals surface area contributed by atoms with E-state index in [1.54, 1.807) is 13.2 Å². The fraction of sp³-hybridized carbons (Fsp3) is 0.333. The van der Waals surface area contributed by atoms with Crippen molar-refractivity contribution >= 4 is 45.4 Å². The summed E-state index contributed by atoms with van der Waals surface area (Å²) < 4.78 is 0. The van der Waals surface area contributed by atoms with Crippen LogP contribution in [0.2, 0.25) is 5.28 Å². The minimum absolute atomic E-state index is 0.160. The molecule has 104 valence electrons. The average molecular weight is 310 g/mol. The van der Waals surface area contributed by atoms with Gasteiger partial charge < -0.3 is 9.80 Å². The van der Waals surface area contributed by atoms with Crippen molar-refractivity contribution in [2.45, 2.75) is 13.8 Å². The molecule has 0 aromatic carbocycles. The lowest BCUT2D eigenvalue weighted by Crippen LogP contribution is -2.26. The SMILES string of the molecule is CCN1c2nc(Cl)ncc2N(C)C(=O)c2nc(C)sc21. The van der Waals surface area contributed by atoms with Crippen LogP contribution in [0, 0.1) is 6.92 Å². The van der Waals surface area contributed by atoms with Crippen LogP contribution in [0.1, 0.15) is 22.4 Å². The van der Waals surface area contributed by atoms with E-state index in [-0.39, 0.29) is 11.2 Å². The van der Waals surface area contributed by atoms with Crippen molar-refractivity contribution in [1.82, 2.24) is 15.0 Å². The van der Waals surface area contributed by atoms with Crippen LogP contribution < -0.4 is 9.80 Å². The molecular weight excluding hydrogens is 298 g/mol. The van der Waals surface area contributed by atoms with Crippen LogP contribution >= 0.6 is 22.9 Å². The average Bonchev–Trinajstić information content (AvgIpc) is 2.77. The van der Waals surface area contributed by atoms with Crippen molar-refractivity contribution < 1.29 is 4.79 Å². The predicted molar refractivity (Wildman–Crippen MR) is 79.3 cm³/mol. The summed E-state index contributed by atoms with van der Waals surface area (Å²) in [6, 6.07) is 0. The number of anilines is 3. The van der Waals surface area contributed by atoms with E-state index in [0.717, 1.165) is 10.0 Å². The number of hydrogen-bond donors (Lipinski definition) is 0. The first kappa shape index (κ1) is 13.3. The number of fused-ring (bicyclic) bond motifs is 2. The summed E-state index contributed by atoms with van der Waals surface area (Å²) in [5.41, 5.74) is 1.08. The lowest BCUT2D eigenvalue weighted by molar-refractivity contribution is 0.0990. The Labute approximate surface area is 125 Å². The zero-order valence-corrected chi connectivity index (χ0v) is 12.8. The van der Waals surface area contributed by atoms with Crippen molar-refractivity contribution in [3.8, 4) is 0 Å². The molecule has 0 N–H and O–H groups in total. The molecular formula is C12H12ClN5OS. The molecule has 0 unspecified atom stereocenters. The van der Waals surface area contributed by atoms with Gasteiger partial charge in [-0.25, -0.2) is 9.97 Å². The number of nitrogens with zero attached hydrogens (tertiary/aromatic N) is 5. The summed E-state index contributed by atoms with van der Waals surface area (Å²) in [4.78, 5) is 28.6. The second-order valence-electron chi connectivity index (χ2n) is 4.34. The van der Waals surface area contributed by atoms with Gasteiger partial charge in [-0.05, 0) is 25.4 Å². The van der Waals surface area contributed by atoms with Gasteiger partial charge in [0.1, 0.15) is 10.7 Å². The Balaban J connectivity index is 2.31. The van der Waals surface area contributed by atoms with Crippen LogP contribution in [0.5, 0.6) is 0 Å². The molecule has 3 rings (SSSR count). The highest BCUT2D eigenvalue weighted by Crippen LogP contribution is 2.41. The first-order chi connectivity index (χ1) is 9.52. The lowest BCUT2D eigenvalue weighted by Gasteiger charge is -2.21. The van der Waals surface area contributed by atoms with Crippen LogP contribution in [0.3, 0.4) is 0 Å². The third-order valence-electron chi connectivity index (χ3n) is 3.12. The van der Waals surface area contributed by atoms with E-state index in [2.05, 4.69) is 15.0 Å². The standard InChI is InChI=1S/C12H12ClN5OS/c1-4-18-9-7(5-14-12(13)16-9)17(3)10(19)8-11(18)20-6(2)15-8/h5H,4H2,1-3H3. The monoisotopic (exact) mass is 309 g/mol.